The Morgan fingerprint density at radius 1 is 1.41 bits per heavy atom. The first-order valence-corrected chi connectivity index (χ1v) is 5.56. The van der Waals surface area contributed by atoms with Crippen LogP contribution in [0.3, 0.4) is 0 Å². The van der Waals surface area contributed by atoms with E-state index in [-0.39, 0.29) is 6.54 Å². The van der Waals surface area contributed by atoms with E-state index >= 15 is 0 Å². The molecule has 1 N–H and O–H groups in total. The largest absolute Gasteiger partial charge is 0.494 e. The highest BCUT2D eigenvalue weighted by Gasteiger charge is 2.09. The third-order valence-corrected chi connectivity index (χ3v) is 2.68. The number of carbonyl (C=O) groups is 1. The summed E-state index contributed by atoms with van der Waals surface area (Å²) in [6.07, 6.45) is 0. The van der Waals surface area contributed by atoms with Crippen molar-refractivity contribution >= 4 is 16.9 Å². The normalized spacial score (nSPS) is 10.7. The summed E-state index contributed by atoms with van der Waals surface area (Å²) in [6, 6.07) is 7.67. The van der Waals surface area contributed by atoms with E-state index in [4.69, 9.17) is 9.84 Å². The lowest BCUT2D eigenvalue weighted by Crippen LogP contribution is -2.09. The minimum Gasteiger partial charge on any atom is -0.494 e. The van der Waals surface area contributed by atoms with Crippen LogP contribution >= 0.6 is 0 Å². The number of aliphatic carboxylic acids is 1. The zero-order valence-electron chi connectivity index (χ0n) is 9.93. The molecule has 0 fully saturated rings. The zero-order valence-corrected chi connectivity index (χ0v) is 9.93. The maximum absolute atomic E-state index is 10.8. The van der Waals surface area contributed by atoms with Crippen LogP contribution in [-0.4, -0.2) is 22.2 Å². The molecule has 0 unspecified atom stereocenters. The minimum atomic E-state index is -0.834. The molecular formula is C13H15NO3. The first-order valence-electron chi connectivity index (χ1n) is 5.56. The van der Waals surface area contributed by atoms with E-state index < -0.39 is 5.97 Å². The Bertz CT molecular complexity index is 557. The second-order valence-electron chi connectivity index (χ2n) is 3.92. The average molecular weight is 233 g/mol. The van der Waals surface area contributed by atoms with Crippen molar-refractivity contribution in [3.8, 4) is 5.75 Å². The molecule has 0 atom stereocenters. The lowest BCUT2D eigenvalue weighted by atomic mass is 10.2. The van der Waals surface area contributed by atoms with E-state index in [0.29, 0.717) is 6.61 Å². The van der Waals surface area contributed by atoms with Crippen molar-refractivity contribution < 1.29 is 14.6 Å². The van der Waals surface area contributed by atoms with Gasteiger partial charge in [0.05, 0.1) is 6.61 Å². The number of benzene rings is 1. The van der Waals surface area contributed by atoms with Crippen molar-refractivity contribution in [3.63, 3.8) is 0 Å². The highest BCUT2D eigenvalue weighted by Crippen LogP contribution is 2.24. The van der Waals surface area contributed by atoms with Crippen LogP contribution in [0.25, 0.3) is 10.9 Å². The highest BCUT2D eigenvalue weighted by atomic mass is 16.5. The number of aryl methyl sites for hydroxylation is 1. The number of rotatable bonds is 4. The number of aromatic nitrogens is 1. The van der Waals surface area contributed by atoms with Crippen molar-refractivity contribution in [3.05, 3.63) is 30.0 Å². The molecule has 1 heterocycles. The second-order valence-corrected chi connectivity index (χ2v) is 3.92. The number of ether oxygens (including phenoxy) is 1. The number of carboxylic acid groups (broad SMARTS) is 1. The molecule has 2 aromatic rings. The van der Waals surface area contributed by atoms with Gasteiger partial charge >= 0.3 is 5.97 Å². The SMILES string of the molecule is CCOc1ccc2c(c1)cc(C)n2CC(=O)O. The van der Waals surface area contributed by atoms with Crippen molar-refractivity contribution in [1.82, 2.24) is 4.57 Å². The number of carboxylic acids is 1. The molecule has 0 amide bonds. The quantitative estimate of drug-likeness (QED) is 0.882. The number of hydrogen-bond acceptors (Lipinski definition) is 2. The van der Waals surface area contributed by atoms with Gasteiger partial charge in [-0.2, -0.15) is 0 Å². The maximum atomic E-state index is 10.8. The predicted octanol–water partition coefficient (Wildman–Crippen LogP) is 2.43. The lowest BCUT2D eigenvalue weighted by molar-refractivity contribution is -0.137. The van der Waals surface area contributed by atoms with Crippen molar-refractivity contribution in [2.24, 2.45) is 0 Å². The van der Waals surface area contributed by atoms with Crippen LogP contribution in [0.5, 0.6) is 5.75 Å². The number of nitrogens with zero attached hydrogens (tertiary/aromatic N) is 1. The maximum Gasteiger partial charge on any atom is 0.323 e. The van der Waals surface area contributed by atoms with Crippen LogP contribution in [0.1, 0.15) is 12.6 Å². The van der Waals surface area contributed by atoms with E-state index in [9.17, 15) is 4.79 Å². The molecule has 0 bridgehead atoms. The first-order chi connectivity index (χ1) is 8.11. The summed E-state index contributed by atoms with van der Waals surface area (Å²) in [5, 5.41) is 9.87. The molecule has 1 aromatic heterocycles. The molecule has 0 aliphatic rings. The van der Waals surface area contributed by atoms with Crippen LogP contribution in [-0.2, 0) is 11.3 Å². The fraction of sp³-hybridized carbons (Fsp3) is 0.308. The molecule has 2 rings (SSSR count). The Morgan fingerprint density at radius 3 is 2.82 bits per heavy atom. The summed E-state index contributed by atoms with van der Waals surface area (Å²) < 4.78 is 7.20. The van der Waals surface area contributed by atoms with Crippen LogP contribution in [0.4, 0.5) is 0 Å². The van der Waals surface area contributed by atoms with Gasteiger partial charge in [0.1, 0.15) is 12.3 Å². The second kappa shape index (κ2) is 4.49. The van der Waals surface area contributed by atoms with Crippen LogP contribution in [0.15, 0.2) is 24.3 Å². The van der Waals surface area contributed by atoms with Gasteiger partial charge < -0.3 is 14.4 Å². The summed E-state index contributed by atoms with van der Waals surface area (Å²) >= 11 is 0. The topological polar surface area (TPSA) is 51.5 Å². The summed E-state index contributed by atoms with van der Waals surface area (Å²) in [7, 11) is 0. The summed E-state index contributed by atoms with van der Waals surface area (Å²) in [5.41, 5.74) is 1.87. The molecular weight excluding hydrogens is 218 g/mol. The Kier molecular flexibility index (Phi) is 3.04. The van der Waals surface area contributed by atoms with Crippen molar-refractivity contribution in [1.29, 1.82) is 0 Å². The number of hydrogen-bond donors (Lipinski definition) is 1. The molecule has 4 nitrogen and oxygen atoms in total. The smallest absolute Gasteiger partial charge is 0.323 e. The molecule has 0 radical (unpaired) electrons. The predicted molar refractivity (Wildman–Crippen MR) is 65.5 cm³/mol. The van der Waals surface area contributed by atoms with Crippen molar-refractivity contribution in [2.45, 2.75) is 20.4 Å². The van der Waals surface area contributed by atoms with E-state index in [1.807, 2.05) is 38.1 Å². The zero-order chi connectivity index (χ0) is 12.4. The fourth-order valence-electron chi connectivity index (χ4n) is 1.99. The first kappa shape index (κ1) is 11.5. The molecule has 0 saturated heterocycles. The minimum absolute atomic E-state index is 0.0106. The standard InChI is InChI=1S/C13H15NO3/c1-3-17-11-4-5-12-10(7-11)6-9(2)14(12)8-13(15)16/h4-7H,3,8H2,1-2H3,(H,15,16). The van der Waals surface area contributed by atoms with Gasteiger partial charge in [0.2, 0.25) is 0 Å². The van der Waals surface area contributed by atoms with E-state index in [1.165, 1.54) is 0 Å². The van der Waals surface area contributed by atoms with E-state index in [0.717, 1.165) is 22.3 Å². The monoisotopic (exact) mass is 233 g/mol. The Morgan fingerprint density at radius 2 is 2.18 bits per heavy atom. The third-order valence-electron chi connectivity index (χ3n) is 2.68. The Labute approximate surface area is 99.4 Å². The lowest BCUT2D eigenvalue weighted by Gasteiger charge is -2.06. The Hall–Kier alpha value is -1.97. The van der Waals surface area contributed by atoms with Gasteiger partial charge in [0.15, 0.2) is 0 Å². The fourth-order valence-corrected chi connectivity index (χ4v) is 1.99. The molecule has 0 spiro atoms. The van der Waals surface area contributed by atoms with Gasteiger partial charge in [-0.25, -0.2) is 0 Å². The Balaban J connectivity index is 2.48. The molecule has 1 aromatic carbocycles. The van der Waals surface area contributed by atoms with Gasteiger partial charge in [-0.15, -0.1) is 0 Å². The molecule has 0 aliphatic carbocycles. The highest BCUT2D eigenvalue weighted by molar-refractivity contribution is 5.84. The molecule has 4 heteroatoms. The molecule has 17 heavy (non-hydrogen) atoms. The van der Waals surface area contributed by atoms with E-state index in [1.54, 1.807) is 4.57 Å². The number of fused-ring (bicyclic) bond motifs is 1. The molecule has 0 saturated carbocycles. The third kappa shape index (κ3) is 2.25. The van der Waals surface area contributed by atoms with Gasteiger partial charge in [0.25, 0.3) is 0 Å². The molecule has 0 aliphatic heterocycles. The summed E-state index contributed by atoms with van der Waals surface area (Å²) in [6.45, 7) is 4.46. The van der Waals surface area contributed by atoms with Crippen LogP contribution in [0, 0.1) is 6.92 Å². The van der Waals surface area contributed by atoms with Gasteiger partial charge in [-0.3, -0.25) is 4.79 Å². The van der Waals surface area contributed by atoms with Crippen molar-refractivity contribution in [2.75, 3.05) is 6.61 Å². The molecule has 90 valence electrons. The van der Waals surface area contributed by atoms with E-state index in [2.05, 4.69) is 0 Å². The summed E-state index contributed by atoms with van der Waals surface area (Å²) in [4.78, 5) is 10.8. The van der Waals surface area contributed by atoms with Crippen LogP contribution in [0.2, 0.25) is 0 Å². The van der Waals surface area contributed by atoms with Gasteiger partial charge in [0, 0.05) is 16.6 Å². The average Bonchev–Trinajstić information content (AvgIpc) is 2.55. The van der Waals surface area contributed by atoms with Crippen LogP contribution < -0.4 is 4.74 Å². The van der Waals surface area contributed by atoms with Gasteiger partial charge in [-0.05, 0) is 38.1 Å². The van der Waals surface area contributed by atoms with Gasteiger partial charge in [-0.1, -0.05) is 0 Å². The summed E-state index contributed by atoms with van der Waals surface area (Å²) in [5.74, 6) is -0.0213.